The first-order valence-corrected chi connectivity index (χ1v) is 10.6. The van der Waals surface area contributed by atoms with Crippen molar-refractivity contribution in [3.63, 3.8) is 0 Å². The van der Waals surface area contributed by atoms with E-state index in [1.165, 1.54) is 16.8 Å². The third kappa shape index (κ3) is 3.21. The number of rotatable bonds is 3. The zero-order chi connectivity index (χ0) is 21.0. The molecule has 30 heavy (non-hydrogen) atoms. The second-order valence-corrected chi connectivity index (χ2v) is 8.74. The van der Waals surface area contributed by atoms with Crippen molar-refractivity contribution in [2.45, 2.75) is 62.1 Å². The van der Waals surface area contributed by atoms with Crippen LogP contribution in [0.25, 0.3) is 0 Å². The summed E-state index contributed by atoms with van der Waals surface area (Å²) in [7, 11) is 0. The minimum Gasteiger partial charge on any atom is -0.479 e. The van der Waals surface area contributed by atoms with Gasteiger partial charge in [0.15, 0.2) is 12.4 Å². The highest BCUT2D eigenvalue weighted by Gasteiger charge is 2.51. The van der Waals surface area contributed by atoms with Crippen molar-refractivity contribution in [1.29, 1.82) is 0 Å². The van der Waals surface area contributed by atoms with Gasteiger partial charge in [0.2, 0.25) is 0 Å². The fourth-order valence-corrected chi connectivity index (χ4v) is 5.59. The van der Waals surface area contributed by atoms with Crippen molar-refractivity contribution in [3.05, 3.63) is 29.3 Å². The average Bonchev–Trinajstić information content (AvgIpc) is 3.01. The summed E-state index contributed by atoms with van der Waals surface area (Å²) >= 11 is 0. The van der Waals surface area contributed by atoms with Crippen LogP contribution in [0.5, 0.6) is 0 Å². The molecule has 0 aromatic heterocycles. The number of hydrogen-bond acceptors (Lipinski definition) is 8. The molecule has 8 atom stereocenters. The number of nitrogens with one attached hydrogen (secondary N) is 1. The Morgan fingerprint density at radius 3 is 2.80 bits per heavy atom. The average molecular weight is 420 g/mol. The maximum absolute atomic E-state index is 11.4. The number of hydrogen-bond donors (Lipinski definition) is 5. The quantitative estimate of drug-likeness (QED) is 0.434. The Labute approximate surface area is 174 Å². The van der Waals surface area contributed by atoms with Gasteiger partial charge < -0.3 is 40.1 Å². The Kier molecular flexibility index (Phi) is 5.20. The van der Waals surface area contributed by atoms with Crippen LogP contribution in [-0.4, -0.2) is 82.8 Å². The zero-order valence-corrected chi connectivity index (χ0v) is 16.6. The van der Waals surface area contributed by atoms with E-state index in [1.807, 2.05) is 0 Å². The summed E-state index contributed by atoms with van der Waals surface area (Å²) in [6.45, 7) is 3.47. The third-order valence-corrected chi connectivity index (χ3v) is 7.05. The van der Waals surface area contributed by atoms with Gasteiger partial charge in [-0.1, -0.05) is 18.2 Å². The molecule has 4 aliphatic rings. The van der Waals surface area contributed by atoms with Gasteiger partial charge in [-0.05, 0) is 29.9 Å². The smallest absolute Gasteiger partial charge is 0.335 e. The van der Waals surface area contributed by atoms with E-state index >= 15 is 0 Å². The van der Waals surface area contributed by atoms with E-state index in [2.05, 4.69) is 28.4 Å². The van der Waals surface area contributed by atoms with Gasteiger partial charge in [0.05, 0.1) is 6.10 Å². The molecule has 5 N–H and O–H groups in total. The number of aliphatic hydroxyl groups is 3. The van der Waals surface area contributed by atoms with Crippen LogP contribution in [0, 0.1) is 5.92 Å². The Morgan fingerprint density at radius 2 is 2.00 bits per heavy atom. The molecule has 0 bridgehead atoms. The first-order valence-electron chi connectivity index (χ1n) is 10.6. The van der Waals surface area contributed by atoms with Crippen molar-refractivity contribution >= 4 is 11.7 Å². The molecule has 164 valence electrons. The van der Waals surface area contributed by atoms with Crippen LogP contribution < -0.4 is 10.2 Å². The van der Waals surface area contributed by atoms with Gasteiger partial charge in [0, 0.05) is 37.8 Å². The molecule has 9 nitrogen and oxygen atoms in total. The molecule has 2 fully saturated rings. The predicted molar refractivity (Wildman–Crippen MR) is 105 cm³/mol. The molecule has 8 unspecified atom stereocenters. The highest BCUT2D eigenvalue weighted by molar-refractivity contribution is 5.73. The van der Waals surface area contributed by atoms with Gasteiger partial charge in [-0.2, -0.15) is 0 Å². The van der Waals surface area contributed by atoms with E-state index in [0.29, 0.717) is 5.92 Å². The maximum Gasteiger partial charge on any atom is 0.335 e. The van der Waals surface area contributed by atoms with Gasteiger partial charge in [0.1, 0.15) is 18.3 Å². The second-order valence-electron chi connectivity index (χ2n) is 8.74. The highest BCUT2D eigenvalue weighted by Crippen LogP contribution is 2.50. The lowest BCUT2D eigenvalue weighted by Crippen LogP contribution is -2.61. The number of nitrogens with zero attached hydrogens (tertiary/aromatic N) is 1. The fraction of sp³-hybridized carbons (Fsp3) is 0.667. The van der Waals surface area contributed by atoms with Gasteiger partial charge in [-0.3, -0.25) is 0 Å². The van der Waals surface area contributed by atoms with E-state index < -0.39 is 36.7 Å². The lowest BCUT2D eigenvalue weighted by Gasteiger charge is -2.43. The number of aliphatic hydroxyl groups excluding tert-OH is 3. The van der Waals surface area contributed by atoms with E-state index in [0.717, 1.165) is 39.0 Å². The minimum atomic E-state index is -1.71. The van der Waals surface area contributed by atoms with E-state index in [-0.39, 0.29) is 12.0 Å². The number of anilines is 1. The van der Waals surface area contributed by atoms with Gasteiger partial charge >= 0.3 is 5.97 Å². The summed E-state index contributed by atoms with van der Waals surface area (Å²) < 4.78 is 11.4. The van der Waals surface area contributed by atoms with Gasteiger partial charge in [0.25, 0.3) is 0 Å². The second kappa shape index (κ2) is 7.74. The third-order valence-electron chi connectivity index (χ3n) is 7.05. The number of benzene rings is 1. The largest absolute Gasteiger partial charge is 0.479 e. The van der Waals surface area contributed by atoms with Crippen molar-refractivity contribution in [2.24, 2.45) is 5.92 Å². The van der Waals surface area contributed by atoms with Crippen LogP contribution in [0.2, 0.25) is 0 Å². The first kappa shape index (κ1) is 20.2. The number of aliphatic carboxylic acids is 1. The summed E-state index contributed by atoms with van der Waals surface area (Å²) in [6, 6.07) is 6.44. The summed E-state index contributed by atoms with van der Waals surface area (Å²) in [5.74, 6) is -0.901. The molecule has 5 rings (SSSR count). The predicted octanol–water partition coefficient (Wildman–Crippen LogP) is -0.619. The van der Waals surface area contributed by atoms with Crippen molar-refractivity contribution < 1.29 is 34.7 Å². The van der Waals surface area contributed by atoms with Crippen molar-refractivity contribution in [3.8, 4) is 0 Å². The Balaban J connectivity index is 1.38. The number of fused-ring (bicyclic) bond motifs is 2. The normalized spacial score (nSPS) is 40.4. The lowest BCUT2D eigenvalue weighted by molar-refractivity contribution is -0.306. The Morgan fingerprint density at radius 1 is 1.17 bits per heavy atom. The molecule has 1 aliphatic carbocycles. The topological polar surface area (TPSA) is 132 Å². The summed E-state index contributed by atoms with van der Waals surface area (Å²) in [6.07, 6.45) is -6.35. The number of carboxylic acids is 1. The number of carboxylic acid groups (broad SMARTS) is 1. The molecular weight excluding hydrogens is 392 g/mol. The molecule has 1 aromatic rings. The number of carbonyl (C=O) groups is 1. The van der Waals surface area contributed by atoms with E-state index in [1.54, 1.807) is 0 Å². The van der Waals surface area contributed by atoms with Gasteiger partial charge in [-0.15, -0.1) is 0 Å². The van der Waals surface area contributed by atoms with Crippen molar-refractivity contribution in [2.75, 3.05) is 24.5 Å². The molecule has 0 radical (unpaired) electrons. The molecule has 1 saturated carbocycles. The Bertz CT molecular complexity index is 821. The first-order chi connectivity index (χ1) is 14.5. The molecular formula is C21H28N2O7. The highest BCUT2D eigenvalue weighted by atomic mass is 16.7. The monoisotopic (exact) mass is 420 g/mol. The number of para-hydroxylation sites is 1. The van der Waals surface area contributed by atoms with Crippen LogP contribution in [0.1, 0.15) is 29.9 Å². The standard InChI is InChI=1S/C21H28N2O7/c24-16-17(25)19(20(27)28)30-21(18(16)26)29-14-5-4-11-12-3-1-2-10-8-22-6-7-23(15(10)12)9-13(11)14/h1-3,11,13-14,16-19,21-22,24-26H,4-9H2,(H,27,28). The van der Waals surface area contributed by atoms with E-state index in [4.69, 9.17) is 9.47 Å². The summed E-state index contributed by atoms with van der Waals surface area (Å²) in [5, 5.41) is 43.0. The van der Waals surface area contributed by atoms with Crippen LogP contribution in [0.3, 0.4) is 0 Å². The molecule has 3 aliphatic heterocycles. The zero-order valence-electron chi connectivity index (χ0n) is 16.6. The molecule has 0 amide bonds. The molecule has 1 saturated heterocycles. The molecule has 3 heterocycles. The van der Waals surface area contributed by atoms with E-state index in [9.17, 15) is 25.2 Å². The molecule has 1 aromatic carbocycles. The fourth-order valence-electron chi connectivity index (χ4n) is 5.59. The summed E-state index contributed by atoms with van der Waals surface area (Å²) in [5.41, 5.74) is 3.95. The maximum atomic E-state index is 11.4. The minimum absolute atomic E-state index is 0.175. The van der Waals surface area contributed by atoms with Crippen molar-refractivity contribution in [1.82, 2.24) is 5.32 Å². The van der Waals surface area contributed by atoms with Crippen LogP contribution >= 0.6 is 0 Å². The SMILES string of the molecule is O=C(O)C1OC(OC2CCC3c4cccc5c4N(CCNC5)CC23)C(O)C(O)C1O. The number of ether oxygens (including phenoxy) is 2. The van der Waals surface area contributed by atoms with Crippen LogP contribution in [0.15, 0.2) is 18.2 Å². The summed E-state index contributed by atoms with van der Waals surface area (Å²) in [4.78, 5) is 13.8. The molecule has 0 spiro atoms. The van der Waals surface area contributed by atoms with Gasteiger partial charge in [-0.25, -0.2) is 4.79 Å². The van der Waals surface area contributed by atoms with Crippen LogP contribution in [0.4, 0.5) is 5.69 Å². The Hall–Kier alpha value is -1.75. The molecule has 9 heteroatoms. The van der Waals surface area contributed by atoms with Crippen LogP contribution in [-0.2, 0) is 20.8 Å². The lowest BCUT2D eigenvalue weighted by atomic mass is 9.81.